The molecule has 0 radical (unpaired) electrons. The summed E-state index contributed by atoms with van der Waals surface area (Å²) in [5, 5.41) is 2.82. The first-order valence-electron chi connectivity index (χ1n) is 8.50. The second-order valence-electron chi connectivity index (χ2n) is 5.77. The maximum Gasteiger partial charge on any atom is 0.341 e. The Bertz CT molecular complexity index is 893. The lowest BCUT2D eigenvalue weighted by molar-refractivity contribution is -0.122. The Morgan fingerprint density at radius 3 is 2.54 bits per heavy atom. The Labute approximate surface area is 166 Å². The molecule has 1 aromatic heterocycles. The van der Waals surface area contributed by atoms with Gasteiger partial charge in [0.1, 0.15) is 16.5 Å². The normalized spacial score (nSPS) is 11.4. The second kappa shape index (κ2) is 9.23. The minimum atomic E-state index is -0.874. The van der Waals surface area contributed by atoms with Gasteiger partial charge >= 0.3 is 5.97 Å². The van der Waals surface area contributed by atoms with E-state index in [2.05, 4.69) is 5.32 Å². The highest BCUT2D eigenvalue weighted by molar-refractivity contribution is 7.18. The lowest BCUT2D eigenvalue weighted by atomic mass is 10.1. The van der Waals surface area contributed by atoms with Crippen LogP contribution in [0.1, 0.15) is 39.4 Å². The summed E-state index contributed by atoms with van der Waals surface area (Å²) in [7, 11) is 1.53. The van der Waals surface area contributed by atoms with E-state index in [0.717, 1.165) is 11.3 Å². The zero-order valence-corrected chi connectivity index (χ0v) is 16.8. The standard InChI is InChI=1S/C19H22N2O6S/c1-5-26-19(24)14-10(2)15(16(20)22)28-18(14)21-17(23)11(3)27-13-8-6-7-12(9-13)25-4/h6-9,11H,5H2,1-4H3,(H2,20,22)(H,21,23). The molecule has 3 N–H and O–H groups in total. The lowest BCUT2D eigenvalue weighted by Crippen LogP contribution is -2.30. The molecule has 8 nitrogen and oxygen atoms in total. The van der Waals surface area contributed by atoms with Gasteiger partial charge in [-0.05, 0) is 38.5 Å². The summed E-state index contributed by atoms with van der Waals surface area (Å²) >= 11 is 0.924. The van der Waals surface area contributed by atoms with Crippen LogP contribution in [0.5, 0.6) is 11.5 Å². The summed E-state index contributed by atoms with van der Waals surface area (Å²) in [6.07, 6.45) is -0.874. The van der Waals surface area contributed by atoms with Gasteiger partial charge in [-0.25, -0.2) is 4.79 Å². The van der Waals surface area contributed by atoms with Crippen molar-refractivity contribution < 1.29 is 28.6 Å². The van der Waals surface area contributed by atoms with Crippen LogP contribution in [0.4, 0.5) is 5.00 Å². The monoisotopic (exact) mass is 406 g/mol. The number of benzene rings is 1. The van der Waals surface area contributed by atoms with Crippen LogP contribution in [0.3, 0.4) is 0 Å². The largest absolute Gasteiger partial charge is 0.497 e. The number of hydrogen-bond acceptors (Lipinski definition) is 7. The van der Waals surface area contributed by atoms with Crippen LogP contribution in [0.2, 0.25) is 0 Å². The van der Waals surface area contributed by atoms with Crippen molar-refractivity contribution in [3.8, 4) is 11.5 Å². The molecule has 0 saturated carbocycles. The van der Waals surface area contributed by atoms with Gasteiger partial charge in [-0.1, -0.05) is 6.07 Å². The van der Waals surface area contributed by atoms with E-state index in [-0.39, 0.29) is 22.0 Å². The third-order valence-corrected chi connectivity index (χ3v) is 5.03. The van der Waals surface area contributed by atoms with Crippen LogP contribution in [0.15, 0.2) is 24.3 Å². The molecule has 1 heterocycles. The minimum Gasteiger partial charge on any atom is -0.497 e. The van der Waals surface area contributed by atoms with Gasteiger partial charge in [0, 0.05) is 6.07 Å². The van der Waals surface area contributed by atoms with E-state index in [1.54, 1.807) is 45.0 Å². The van der Waals surface area contributed by atoms with E-state index in [1.165, 1.54) is 7.11 Å². The van der Waals surface area contributed by atoms with Crippen LogP contribution >= 0.6 is 11.3 Å². The number of methoxy groups -OCH3 is 1. The fourth-order valence-corrected chi connectivity index (χ4v) is 3.48. The van der Waals surface area contributed by atoms with Gasteiger partial charge in [-0.15, -0.1) is 11.3 Å². The van der Waals surface area contributed by atoms with Crippen molar-refractivity contribution in [3.05, 3.63) is 40.3 Å². The molecule has 0 saturated heterocycles. The third-order valence-electron chi connectivity index (χ3n) is 3.81. The van der Waals surface area contributed by atoms with Crippen molar-refractivity contribution in [1.82, 2.24) is 0 Å². The number of carbonyl (C=O) groups excluding carboxylic acids is 3. The molecule has 1 atom stereocenters. The van der Waals surface area contributed by atoms with Gasteiger partial charge < -0.3 is 25.3 Å². The minimum absolute atomic E-state index is 0.114. The highest BCUT2D eigenvalue weighted by atomic mass is 32.1. The molecule has 1 aromatic carbocycles. The fourth-order valence-electron chi connectivity index (χ4n) is 2.43. The predicted molar refractivity (Wildman–Crippen MR) is 105 cm³/mol. The molecule has 2 rings (SSSR count). The highest BCUT2D eigenvalue weighted by Gasteiger charge is 2.27. The van der Waals surface area contributed by atoms with Gasteiger partial charge in [0.25, 0.3) is 11.8 Å². The number of anilines is 1. The Kier molecular flexibility index (Phi) is 7.00. The molecule has 0 aliphatic rings. The van der Waals surface area contributed by atoms with E-state index in [4.69, 9.17) is 19.9 Å². The Balaban J connectivity index is 2.23. The van der Waals surface area contributed by atoms with Crippen LogP contribution < -0.4 is 20.5 Å². The molecule has 0 fully saturated rings. The van der Waals surface area contributed by atoms with E-state index in [1.807, 2.05) is 0 Å². The number of amides is 2. The van der Waals surface area contributed by atoms with Crippen molar-refractivity contribution in [2.24, 2.45) is 5.73 Å². The topological polar surface area (TPSA) is 117 Å². The third kappa shape index (κ3) is 4.80. The van der Waals surface area contributed by atoms with Crippen molar-refractivity contribution in [2.75, 3.05) is 19.0 Å². The van der Waals surface area contributed by atoms with Crippen LogP contribution in [0.25, 0.3) is 0 Å². The number of carbonyl (C=O) groups is 3. The average Bonchev–Trinajstić information content (AvgIpc) is 2.98. The number of primary amides is 1. The molecule has 150 valence electrons. The summed E-state index contributed by atoms with van der Waals surface area (Å²) in [5.74, 6) is -0.775. The molecule has 2 amide bonds. The van der Waals surface area contributed by atoms with Crippen molar-refractivity contribution in [3.63, 3.8) is 0 Å². The zero-order chi connectivity index (χ0) is 20.8. The summed E-state index contributed by atoms with van der Waals surface area (Å²) in [4.78, 5) is 36.6. The zero-order valence-electron chi connectivity index (χ0n) is 16.0. The predicted octanol–water partition coefficient (Wildman–Crippen LogP) is 2.75. The van der Waals surface area contributed by atoms with Gasteiger partial charge in [0.2, 0.25) is 0 Å². The van der Waals surface area contributed by atoms with E-state index >= 15 is 0 Å². The number of rotatable bonds is 8. The lowest BCUT2D eigenvalue weighted by Gasteiger charge is -2.15. The molecule has 1 unspecified atom stereocenters. The Morgan fingerprint density at radius 2 is 1.93 bits per heavy atom. The average molecular weight is 406 g/mol. The molecule has 0 aliphatic carbocycles. The Hall–Kier alpha value is -3.07. The number of hydrogen-bond donors (Lipinski definition) is 2. The number of nitrogens with two attached hydrogens (primary N) is 1. The maximum absolute atomic E-state index is 12.6. The van der Waals surface area contributed by atoms with Crippen molar-refractivity contribution in [1.29, 1.82) is 0 Å². The summed E-state index contributed by atoms with van der Waals surface area (Å²) < 4.78 is 15.8. The van der Waals surface area contributed by atoms with Gasteiger partial charge in [-0.3, -0.25) is 9.59 Å². The molecule has 9 heteroatoms. The first-order chi connectivity index (χ1) is 13.3. The molecule has 0 aliphatic heterocycles. The number of thiophene rings is 1. The second-order valence-corrected chi connectivity index (χ2v) is 6.79. The van der Waals surface area contributed by atoms with Crippen LogP contribution in [-0.2, 0) is 9.53 Å². The summed E-state index contributed by atoms with van der Waals surface area (Å²) in [6.45, 7) is 4.96. The fraction of sp³-hybridized carbons (Fsp3) is 0.316. The Morgan fingerprint density at radius 1 is 1.25 bits per heavy atom. The molecular weight excluding hydrogens is 384 g/mol. The first kappa shape index (κ1) is 21.2. The maximum atomic E-state index is 12.6. The molecule has 0 spiro atoms. The quantitative estimate of drug-likeness (QED) is 0.651. The smallest absolute Gasteiger partial charge is 0.341 e. The number of nitrogens with one attached hydrogen (secondary N) is 1. The summed E-state index contributed by atoms with van der Waals surface area (Å²) in [6, 6.07) is 6.83. The summed E-state index contributed by atoms with van der Waals surface area (Å²) in [5.41, 5.74) is 5.84. The first-order valence-corrected chi connectivity index (χ1v) is 9.32. The van der Waals surface area contributed by atoms with Crippen molar-refractivity contribution in [2.45, 2.75) is 26.9 Å². The van der Waals surface area contributed by atoms with Gasteiger partial charge in [-0.2, -0.15) is 0 Å². The number of esters is 1. The highest BCUT2D eigenvalue weighted by Crippen LogP contribution is 2.33. The number of ether oxygens (including phenoxy) is 3. The van der Waals surface area contributed by atoms with Crippen molar-refractivity contribution >= 4 is 34.1 Å². The van der Waals surface area contributed by atoms with E-state index in [0.29, 0.717) is 17.1 Å². The van der Waals surface area contributed by atoms with E-state index < -0.39 is 23.9 Å². The molecule has 2 aromatic rings. The van der Waals surface area contributed by atoms with E-state index in [9.17, 15) is 14.4 Å². The molecule has 0 bridgehead atoms. The molecule has 28 heavy (non-hydrogen) atoms. The molecular formula is C19H22N2O6S. The van der Waals surface area contributed by atoms with Gasteiger partial charge in [0.05, 0.1) is 24.2 Å². The van der Waals surface area contributed by atoms with Gasteiger partial charge in [0.15, 0.2) is 6.10 Å². The SMILES string of the molecule is CCOC(=O)c1c(NC(=O)C(C)Oc2cccc(OC)c2)sc(C(N)=O)c1C. The van der Waals surface area contributed by atoms with Crippen LogP contribution in [-0.4, -0.2) is 37.6 Å². The van der Waals surface area contributed by atoms with Crippen LogP contribution in [0, 0.1) is 6.92 Å².